The van der Waals surface area contributed by atoms with Gasteiger partial charge >= 0.3 is 0 Å². The van der Waals surface area contributed by atoms with E-state index < -0.39 is 5.82 Å². The summed E-state index contributed by atoms with van der Waals surface area (Å²) < 4.78 is 18.8. The van der Waals surface area contributed by atoms with Crippen molar-refractivity contribution in [2.24, 2.45) is 0 Å². The van der Waals surface area contributed by atoms with Crippen LogP contribution in [-0.4, -0.2) is 23.4 Å². The van der Waals surface area contributed by atoms with Gasteiger partial charge in [-0.25, -0.2) is 4.39 Å². The van der Waals surface area contributed by atoms with Gasteiger partial charge in [0.1, 0.15) is 0 Å². The summed E-state index contributed by atoms with van der Waals surface area (Å²) in [4.78, 5) is 0. The Morgan fingerprint density at radius 2 is 1.94 bits per heavy atom. The first-order valence-electron chi connectivity index (χ1n) is 5.95. The smallest absolute Gasteiger partial charge is 0.166 e. The van der Waals surface area contributed by atoms with Gasteiger partial charge in [-0.15, -0.1) is 0 Å². The second-order valence-electron chi connectivity index (χ2n) is 4.74. The van der Waals surface area contributed by atoms with Gasteiger partial charge in [-0.1, -0.05) is 0 Å². The van der Waals surface area contributed by atoms with Crippen molar-refractivity contribution in [1.29, 1.82) is 0 Å². The lowest BCUT2D eigenvalue weighted by atomic mass is 9.99. The maximum atomic E-state index is 13.2. The van der Waals surface area contributed by atoms with Gasteiger partial charge in [0.15, 0.2) is 11.6 Å². The molecule has 1 aliphatic heterocycles. The molecule has 0 saturated carbocycles. The Hall–Kier alpha value is -1.29. The van der Waals surface area contributed by atoms with E-state index in [1.54, 1.807) is 6.07 Å². The predicted octanol–water partition coefficient (Wildman–Crippen LogP) is 2.90. The molecular weight excluding hydrogens is 221 g/mol. The molecule has 1 aromatic rings. The van der Waals surface area contributed by atoms with Gasteiger partial charge in [0.25, 0.3) is 0 Å². The first-order chi connectivity index (χ1) is 8.04. The Balaban J connectivity index is 2.02. The van der Waals surface area contributed by atoms with E-state index in [9.17, 15) is 4.39 Å². The molecule has 1 saturated heterocycles. The zero-order valence-electron chi connectivity index (χ0n) is 10.1. The summed E-state index contributed by atoms with van der Waals surface area (Å²) in [6, 6.07) is 4.66. The standard InChI is InChI=1S/C13H18FNO2/c1-8-5-11(6-9(2)17-8)15-10-3-4-13(16)12(14)7-10/h3-4,7-9,11,15-16H,5-6H2,1-2H3. The van der Waals surface area contributed by atoms with Crippen molar-refractivity contribution in [3.63, 3.8) is 0 Å². The van der Waals surface area contributed by atoms with E-state index >= 15 is 0 Å². The second-order valence-corrected chi connectivity index (χ2v) is 4.74. The summed E-state index contributed by atoms with van der Waals surface area (Å²) >= 11 is 0. The molecule has 4 heteroatoms. The number of nitrogens with one attached hydrogen (secondary N) is 1. The SMILES string of the molecule is CC1CC(Nc2ccc(O)c(F)c2)CC(C)O1. The van der Waals surface area contributed by atoms with E-state index in [4.69, 9.17) is 9.84 Å². The number of anilines is 1. The number of hydrogen-bond acceptors (Lipinski definition) is 3. The average Bonchev–Trinajstić information content (AvgIpc) is 2.22. The molecule has 2 N–H and O–H groups in total. The molecule has 17 heavy (non-hydrogen) atoms. The van der Waals surface area contributed by atoms with Gasteiger partial charge in [-0.3, -0.25) is 0 Å². The molecule has 1 fully saturated rings. The molecule has 0 bridgehead atoms. The van der Waals surface area contributed by atoms with Crippen LogP contribution in [0.25, 0.3) is 0 Å². The van der Waals surface area contributed by atoms with Crippen molar-refractivity contribution in [2.45, 2.75) is 44.9 Å². The second kappa shape index (κ2) is 4.92. The Bertz CT molecular complexity index is 387. The molecule has 3 nitrogen and oxygen atoms in total. The number of phenols is 1. The Kier molecular flexibility index (Phi) is 3.52. The lowest BCUT2D eigenvalue weighted by molar-refractivity contribution is -0.0337. The Labute approximate surface area is 101 Å². The van der Waals surface area contributed by atoms with E-state index in [1.807, 2.05) is 13.8 Å². The van der Waals surface area contributed by atoms with Crippen LogP contribution < -0.4 is 5.32 Å². The first-order valence-corrected chi connectivity index (χ1v) is 5.95. The number of hydrogen-bond donors (Lipinski definition) is 2. The summed E-state index contributed by atoms with van der Waals surface area (Å²) in [6.45, 7) is 4.09. The molecule has 1 aromatic carbocycles. The highest BCUT2D eigenvalue weighted by Crippen LogP contribution is 2.25. The van der Waals surface area contributed by atoms with Crippen LogP contribution in [0.2, 0.25) is 0 Å². The van der Waals surface area contributed by atoms with Gasteiger partial charge in [-0.05, 0) is 38.8 Å². The topological polar surface area (TPSA) is 41.5 Å². The molecule has 2 unspecified atom stereocenters. The summed E-state index contributed by atoms with van der Waals surface area (Å²) in [6.07, 6.45) is 2.26. The van der Waals surface area contributed by atoms with Crippen molar-refractivity contribution in [1.82, 2.24) is 0 Å². The van der Waals surface area contributed by atoms with Gasteiger partial charge in [0.2, 0.25) is 0 Å². The summed E-state index contributed by atoms with van der Waals surface area (Å²) in [5.41, 5.74) is 0.701. The number of ether oxygens (including phenoxy) is 1. The third kappa shape index (κ3) is 3.09. The molecule has 0 aromatic heterocycles. The van der Waals surface area contributed by atoms with Crippen molar-refractivity contribution in [3.8, 4) is 5.75 Å². The number of halogens is 1. The third-order valence-corrected chi connectivity index (χ3v) is 3.02. The molecule has 0 amide bonds. The van der Waals surface area contributed by atoms with Crippen molar-refractivity contribution < 1.29 is 14.2 Å². The van der Waals surface area contributed by atoms with E-state index in [2.05, 4.69) is 5.32 Å². The minimum atomic E-state index is -0.594. The first kappa shape index (κ1) is 12.2. The van der Waals surface area contributed by atoms with Crippen LogP contribution in [0.15, 0.2) is 18.2 Å². The van der Waals surface area contributed by atoms with Crippen molar-refractivity contribution in [3.05, 3.63) is 24.0 Å². The fourth-order valence-corrected chi connectivity index (χ4v) is 2.36. The maximum absolute atomic E-state index is 13.2. The number of rotatable bonds is 2. The number of aromatic hydroxyl groups is 1. The maximum Gasteiger partial charge on any atom is 0.166 e. The molecule has 94 valence electrons. The lowest BCUT2D eigenvalue weighted by Crippen LogP contribution is -2.36. The molecule has 2 rings (SSSR count). The van der Waals surface area contributed by atoms with Gasteiger partial charge < -0.3 is 15.2 Å². The summed E-state index contributed by atoms with van der Waals surface area (Å²) in [5.74, 6) is -0.910. The molecule has 0 aliphatic carbocycles. The quantitative estimate of drug-likeness (QED) is 0.780. The van der Waals surface area contributed by atoms with E-state index in [1.165, 1.54) is 12.1 Å². The zero-order chi connectivity index (χ0) is 12.4. The van der Waals surface area contributed by atoms with Crippen LogP contribution in [-0.2, 0) is 4.74 Å². The monoisotopic (exact) mass is 239 g/mol. The number of phenolic OH excluding ortho intramolecular Hbond substituents is 1. The fourth-order valence-electron chi connectivity index (χ4n) is 2.36. The Morgan fingerprint density at radius 3 is 2.53 bits per heavy atom. The van der Waals surface area contributed by atoms with Gasteiger partial charge in [0, 0.05) is 17.8 Å². The van der Waals surface area contributed by atoms with E-state index in [0.29, 0.717) is 5.69 Å². The summed E-state index contributed by atoms with van der Waals surface area (Å²) in [7, 11) is 0. The third-order valence-electron chi connectivity index (χ3n) is 3.02. The van der Waals surface area contributed by atoms with Crippen LogP contribution in [0.1, 0.15) is 26.7 Å². The number of benzene rings is 1. The van der Waals surface area contributed by atoms with Gasteiger partial charge in [0.05, 0.1) is 12.2 Å². The molecule has 2 atom stereocenters. The highest BCUT2D eigenvalue weighted by atomic mass is 19.1. The van der Waals surface area contributed by atoms with Crippen LogP contribution in [0.5, 0.6) is 5.75 Å². The van der Waals surface area contributed by atoms with Crippen LogP contribution in [0.4, 0.5) is 10.1 Å². The van der Waals surface area contributed by atoms with E-state index in [0.717, 1.165) is 12.8 Å². The average molecular weight is 239 g/mol. The minimum absolute atomic E-state index is 0.221. The zero-order valence-corrected chi connectivity index (χ0v) is 10.1. The van der Waals surface area contributed by atoms with Crippen LogP contribution in [0.3, 0.4) is 0 Å². The molecular formula is C13H18FNO2. The molecule has 1 heterocycles. The molecule has 0 radical (unpaired) electrons. The largest absolute Gasteiger partial charge is 0.505 e. The highest BCUT2D eigenvalue weighted by Gasteiger charge is 2.24. The molecule has 1 aliphatic rings. The predicted molar refractivity (Wildman–Crippen MR) is 64.7 cm³/mol. The normalized spacial score (nSPS) is 29.0. The molecule has 0 spiro atoms. The van der Waals surface area contributed by atoms with Crippen LogP contribution in [0, 0.1) is 5.82 Å². The van der Waals surface area contributed by atoms with Crippen LogP contribution >= 0.6 is 0 Å². The highest BCUT2D eigenvalue weighted by molar-refractivity contribution is 5.47. The lowest BCUT2D eigenvalue weighted by Gasteiger charge is -2.33. The van der Waals surface area contributed by atoms with E-state index in [-0.39, 0.29) is 24.0 Å². The van der Waals surface area contributed by atoms with Gasteiger partial charge in [-0.2, -0.15) is 0 Å². The fraction of sp³-hybridized carbons (Fsp3) is 0.538. The Morgan fingerprint density at radius 1 is 1.29 bits per heavy atom. The van der Waals surface area contributed by atoms with Crippen molar-refractivity contribution in [2.75, 3.05) is 5.32 Å². The minimum Gasteiger partial charge on any atom is -0.505 e. The van der Waals surface area contributed by atoms with Crippen molar-refractivity contribution >= 4 is 5.69 Å². The summed E-state index contributed by atoms with van der Waals surface area (Å²) in [5, 5.41) is 12.4.